The minimum atomic E-state index is -0.269. The lowest BCUT2D eigenvalue weighted by Gasteiger charge is -2.38. The minimum Gasteiger partial charge on any atom is -0.353 e. The van der Waals surface area contributed by atoms with Crippen molar-refractivity contribution in [3.8, 4) is 0 Å². The van der Waals surface area contributed by atoms with Gasteiger partial charge in [-0.15, -0.1) is 0 Å². The molecule has 1 unspecified atom stereocenters. The number of amides is 3. The molecule has 26 heavy (non-hydrogen) atoms. The maximum Gasteiger partial charge on any atom is 0.317 e. The fourth-order valence-electron chi connectivity index (χ4n) is 3.38. The number of carbonyl (C=O) groups is 2. The molecule has 2 aliphatic heterocycles. The third-order valence-electron chi connectivity index (χ3n) is 5.01. The largest absolute Gasteiger partial charge is 0.353 e. The first-order valence-corrected chi connectivity index (χ1v) is 9.00. The van der Waals surface area contributed by atoms with E-state index in [1.807, 2.05) is 0 Å². The van der Waals surface area contributed by atoms with Gasteiger partial charge in [-0.2, -0.15) is 0 Å². The molecule has 8 heteroatoms. The number of rotatable bonds is 6. The van der Waals surface area contributed by atoms with E-state index in [-0.39, 0.29) is 30.3 Å². The fraction of sp³-hybridized carbons (Fsp3) is 0.556. The molecule has 2 aliphatic rings. The van der Waals surface area contributed by atoms with Crippen LogP contribution in [0.1, 0.15) is 11.6 Å². The molecule has 0 aromatic heterocycles. The van der Waals surface area contributed by atoms with Crippen molar-refractivity contribution in [1.82, 2.24) is 25.3 Å². The normalized spacial score (nSPS) is 20.1. The molecule has 1 aromatic rings. The Morgan fingerprint density at radius 2 is 1.88 bits per heavy atom. The van der Waals surface area contributed by atoms with Crippen LogP contribution in [0.15, 0.2) is 24.3 Å². The Morgan fingerprint density at radius 3 is 2.50 bits per heavy atom. The Bertz CT molecular complexity index is 631. The van der Waals surface area contributed by atoms with Crippen LogP contribution in [0.5, 0.6) is 0 Å². The lowest BCUT2D eigenvalue weighted by Crippen LogP contribution is -2.49. The molecule has 3 amide bonds. The van der Waals surface area contributed by atoms with Gasteiger partial charge in [-0.3, -0.25) is 9.69 Å². The molecular formula is C18H26FN5O2. The summed E-state index contributed by atoms with van der Waals surface area (Å²) in [6.45, 7) is 5.32. The van der Waals surface area contributed by atoms with Gasteiger partial charge in [0.2, 0.25) is 5.91 Å². The zero-order valence-electron chi connectivity index (χ0n) is 15.1. The average molecular weight is 363 g/mol. The quantitative estimate of drug-likeness (QED) is 0.761. The number of likely N-dealkylation sites (N-methyl/N-ethyl adjacent to an activating group) is 1. The van der Waals surface area contributed by atoms with Gasteiger partial charge in [0.25, 0.3) is 0 Å². The summed E-state index contributed by atoms with van der Waals surface area (Å²) in [6.07, 6.45) is 0. The van der Waals surface area contributed by atoms with Gasteiger partial charge in [0, 0.05) is 45.8 Å². The van der Waals surface area contributed by atoms with E-state index < -0.39 is 0 Å². The number of benzene rings is 1. The summed E-state index contributed by atoms with van der Waals surface area (Å²) in [5, 5.41) is 5.63. The number of halogens is 1. The molecular weight excluding hydrogens is 337 g/mol. The van der Waals surface area contributed by atoms with Crippen molar-refractivity contribution < 1.29 is 14.0 Å². The molecule has 2 fully saturated rings. The highest BCUT2D eigenvalue weighted by molar-refractivity contribution is 5.85. The van der Waals surface area contributed by atoms with Crippen LogP contribution in [0.2, 0.25) is 0 Å². The van der Waals surface area contributed by atoms with Gasteiger partial charge >= 0.3 is 6.03 Å². The van der Waals surface area contributed by atoms with E-state index in [2.05, 4.69) is 27.5 Å². The number of nitrogens with zero attached hydrogens (tertiary/aromatic N) is 3. The van der Waals surface area contributed by atoms with Crippen LogP contribution in [0.4, 0.5) is 9.18 Å². The first-order valence-electron chi connectivity index (χ1n) is 9.00. The fourth-order valence-corrected chi connectivity index (χ4v) is 3.38. The molecule has 142 valence electrons. The predicted molar refractivity (Wildman–Crippen MR) is 96.2 cm³/mol. The van der Waals surface area contributed by atoms with Crippen LogP contribution in [0.25, 0.3) is 0 Å². The highest BCUT2D eigenvalue weighted by Crippen LogP contribution is 2.22. The van der Waals surface area contributed by atoms with E-state index in [0.29, 0.717) is 19.6 Å². The van der Waals surface area contributed by atoms with E-state index in [1.54, 1.807) is 12.1 Å². The number of nitrogens with one attached hydrogen (secondary N) is 2. The zero-order valence-corrected chi connectivity index (χ0v) is 15.1. The summed E-state index contributed by atoms with van der Waals surface area (Å²) in [5.41, 5.74) is 0.982. The molecule has 2 saturated heterocycles. The first-order chi connectivity index (χ1) is 12.5. The molecule has 3 rings (SSSR count). The Hall–Kier alpha value is -2.19. The van der Waals surface area contributed by atoms with Gasteiger partial charge in [0.1, 0.15) is 12.4 Å². The van der Waals surface area contributed by atoms with Crippen LogP contribution in [0.3, 0.4) is 0 Å². The Balaban J connectivity index is 1.62. The van der Waals surface area contributed by atoms with Crippen molar-refractivity contribution in [2.45, 2.75) is 6.04 Å². The SMILES string of the molecule is CN1CCN(C(CNC(=O)CN2CCNC2=O)c2ccc(F)cc2)CC1. The topological polar surface area (TPSA) is 67.9 Å². The molecule has 0 saturated carbocycles. The molecule has 2 N–H and O–H groups in total. The standard InChI is InChI=1S/C18H26FN5O2/c1-22-8-10-23(11-9-22)16(14-2-4-15(19)5-3-14)12-21-17(25)13-24-7-6-20-18(24)26/h2-5,16H,6-13H2,1H3,(H,20,26)(H,21,25). The minimum absolute atomic E-state index is 0.0133. The number of hydrogen-bond donors (Lipinski definition) is 2. The van der Waals surface area contributed by atoms with Crippen LogP contribution in [-0.4, -0.2) is 86.0 Å². The number of piperazine rings is 1. The van der Waals surface area contributed by atoms with Crippen molar-refractivity contribution in [3.05, 3.63) is 35.6 Å². The summed E-state index contributed by atoms with van der Waals surface area (Å²) in [4.78, 5) is 29.9. The van der Waals surface area contributed by atoms with Gasteiger partial charge in [-0.25, -0.2) is 9.18 Å². The number of hydrogen-bond acceptors (Lipinski definition) is 4. The molecule has 0 radical (unpaired) electrons. The monoisotopic (exact) mass is 363 g/mol. The van der Waals surface area contributed by atoms with Crippen molar-refractivity contribution in [2.75, 3.05) is 59.4 Å². The molecule has 0 spiro atoms. The smallest absolute Gasteiger partial charge is 0.317 e. The second-order valence-electron chi connectivity index (χ2n) is 6.86. The lowest BCUT2D eigenvalue weighted by atomic mass is 10.0. The van der Waals surface area contributed by atoms with Crippen LogP contribution in [-0.2, 0) is 4.79 Å². The van der Waals surface area contributed by atoms with Gasteiger partial charge < -0.3 is 20.4 Å². The second kappa shape index (κ2) is 8.46. The molecule has 1 aromatic carbocycles. The van der Waals surface area contributed by atoms with Crippen molar-refractivity contribution in [2.24, 2.45) is 0 Å². The van der Waals surface area contributed by atoms with E-state index >= 15 is 0 Å². The lowest BCUT2D eigenvalue weighted by molar-refractivity contribution is -0.121. The highest BCUT2D eigenvalue weighted by Gasteiger charge is 2.26. The third-order valence-corrected chi connectivity index (χ3v) is 5.01. The maximum atomic E-state index is 13.3. The Kier molecular flexibility index (Phi) is 6.05. The van der Waals surface area contributed by atoms with Crippen LogP contribution < -0.4 is 10.6 Å². The third kappa shape index (κ3) is 4.70. The van der Waals surface area contributed by atoms with E-state index in [9.17, 15) is 14.0 Å². The average Bonchev–Trinajstić information content (AvgIpc) is 3.03. The zero-order chi connectivity index (χ0) is 18.5. The Morgan fingerprint density at radius 1 is 1.19 bits per heavy atom. The number of urea groups is 1. The summed E-state index contributed by atoms with van der Waals surface area (Å²) in [6, 6.07) is 6.25. The molecule has 2 heterocycles. The molecule has 1 atom stereocenters. The van der Waals surface area contributed by atoms with Gasteiger partial charge in [-0.1, -0.05) is 12.1 Å². The van der Waals surface area contributed by atoms with E-state index in [0.717, 1.165) is 31.7 Å². The van der Waals surface area contributed by atoms with Gasteiger partial charge in [0.15, 0.2) is 0 Å². The molecule has 0 bridgehead atoms. The van der Waals surface area contributed by atoms with Crippen LogP contribution >= 0.6 is 0 Å². The highest BCUT2D eigenvalue weighted by atomic mass is 19.1. The summed E-state index contributed by atoms with van der Waals surface area (Å²) in [5.74, 6) is -0.446. The summed E-state index contributed by atoms with van der Waals surface area (Å²) in [7, 11) is 2.09. The molecule has 7 nitrogen and oxygen atoms in total. The van der Waals surface area contributed by atoms with Crippen LogP contribution in [0, 0.1) is 5.82 Å². The van der Waals surface area contributed by atoms with Crippen molar-refractivity contribution in [3.63, 3.8) is 0 Å². The van der Waals surface area contributed by atoms with Gasteiger partial charge in [0.05, 0.1) is 6.04 Å². The first kappa shape index (κ1) is 18.6. The maximum absolute atomic E-state index is 13.3. The molecule has 0 aliphatic carbocycles. The second-order valence-corrected chi connectivity index (χ2v) is 6.86. The number of carbonyl (C=O) groups excluding carboxylic acids is 2. The Labute approximate surface area is 153 Å². The summed E-state index contributed by atoms with van der Waals surface area (Å²) < 4.78 is 13.3. The predicted octanol–water partition coefficient (Wildman–Crippen LogP) is 0.256. The van der Waals surface area contributed by atoms with E-state index in [4.69, 9.17) is 0 Å². The van der Waals surface area contributed by atoms with Crippen molar-refractivity contribution in [1.29, 1.82) is 0 Å². The summed E-state index contributed by atoms with van der Waals surface area (Å²) >= 11 is 0. The van der Waals surface area contributed by atoms with Crippen molar-refractivity contribution >= 4 is 11.9 Å². The van der Waals surface area contributed by atoms with Gasteiger partial charge in [-0.05, 0) is 24.7 Å². The van der Waals surface area contributed by atoms with E-state index in [1.165, 1.54) is 17.0 Å².